The van der Waals surface area contributed by atoms with Crippen LogP contribution in [0.1, 0.15) is 32.1 Å². The van der Waals surface area contributed by atoms with Crippen LogP contribution < -0.4 is 0 Å². The Morgan fingerprint density at radius 2 is 1.75 bits per heavy atom. The fourth-order valence-corrected chi connectivity index (χ4v) is 4.40. The molecule has 0 radical (unpaired) electrons. The smallest absolute Gasteiger partial charge is 0.307 e. The molecule has 88 valence electrons. The average Bonchev–Trinajstić information content (AvgIpc) is 2.90. The van der Waals surface area contributed by atoms with Crippen molar-refractivity contribution < 1.29 is 19.8 Å². The van der Waals surface area contributed by atoms with Crippen LogP contribution in [-0.2, 0) is 9.59 Å². The molecule has 4 nitrogen and oxygen atoms in total. The van der Waals surface area contributed by atoms with Crippen LogP contribution in [0.25, 0.3) is 0 Å². The molecule has 0 saturated heterocycles. The number of rotatable bonds is 2. The molecule has 4 atom stereocenters. The van der Waals surface area contributed by atoms with Crippen molar-refractivity contribution >= 4 is 11.9 Å². The molecule has 0 heterocycles. The second-order valence-corrected chi connectivity index (χ2v) is 5.66. The second-order valence-electron chi connectivity index (χ2n) is 5.66. The SMILES string of the molecule is O=C(O)[C@H]1[C@H]2CC[C@H](C[C@H]1C(=O)O)C21CC1. The van der Waals surface area contributed by atoms with Gasteiger partial charge in [0.05, 0.1) is 11.8 Å². The largest absolute Gasteiger partial charge is 0.481 e. The molecule has 0 aromatic rings. The molecule has 3 fully saturated rings. The van der Waals surface area contributed by atoms with Gasteiger partial charge in [-0.2, -0.15) is 0 Å². The topological polar surface area (TPSA) is 74.6 Å². The van der Waals surface area contributed by atoms with Gasteiger partial charge in [0.2, 0.25) is 0 Å². The molecule has 0 aromatic heterocycles. The van der Waals surface area contributed by atoms with Crippen LogP contribution in [0.3, 0.4) is 0 Å². The summed E-state index contributed by atoms with van der Waals surface area (Å²) < 4.78 is 0. The van der Waals surface area contributed by atoms with Gasteiger partial charge in [0.25, 0.3) is 0 Å². The molecule has 3 aliphatic rings. The molecule has 16 heavy (non-hydrogen) atoms. The maximum absolute atomic E-state index is 11.3. The van der Waals surface area contributed by atoms with Crippen LogP contribution in [0.15, 0.2) is 0 Å². The third-order valence-corrected chi connectivity index (χ3v) is 5.21. The highest BCUT2D eigenvalue weighted by Crippen LogP contribution is 2.71. The summed E-state index contributed by atoms with van der Waals surface area (Å²) in [6, 6.07) is 0. The minimum Gasteiger partial charge on any atom is -0.481 e. The molecule has 0 aromatic carbocycles. The van der Waals surface area contributed by atoms with E-state index in [1.165, 1.54) is 0 Å². The Morgan fingerprint density at radius 1 is 1.06 bits per heavy atom. The number of carboxylic acids is 2. The van der Waals surface area contributed by atoms with E-state index >= 15 is 0 Å². The lowest BCUT2D eigenvalue weighted by Gasteiger charge is -2.38. The van der Waals surface area contributed by atoms with Gasteiger partial charge >= 0.3 is 11.9 Å². The van der Waals surface area contributed by atoms with E-state index < -0.39 is 23.8 Å². The minimum atomic E-state index is -0.917. The third kappa shape index (κ3) is 1.10. The quantitative estimate of drug-likeness (QED) is 0.747. The van der Waals surface area contributed by atoms with E-state index in [1.54, 1.807) is 0 Å². The molecule has 2 N–H and O–H groups in total. The van der Waals surface area contributed by atoms with Crippen molar-refractivity contribution in [3.8, 4) is 0 Å². The highest BCUT2D eigenvalue weighted by molar-refractivity contribution is 5.81. The van der Waals surface area contributed by atoms with Crippen LogP contribution in [0.2, 0.25) is 0 Å². The first-order valence-corrected chi connectivity index (χ1v) is 6.02. The number of hydrogen-bond acceptors (Lipinski definition) is 2. The van der Waals surface area contributed by atoms with Gasteiger partial charge in [0, 0.05) is 0 Å². The normalized spacial score (nSPS) is 43.2. The summed E-state index contributed by atoms with van der Waals surface area (Å²) in [6.45, 7) is 0. The van der Waals surface area contributed by atoms with E-state index in [-0.39, 0.29) is 11.3 Å². The Hall–Kier alpha value is -1.06. The summed E-state index contributed by atoms with van der Waals surface area (Å²) in [7, 11) is 0. The minimum absolute atomic E-state index is 0.129. The van der Waals surface area contributed by atoms with Crippen LogP contribution >= 0.6 is 0 Å². The Balaban J connectivity index is 1.96. The van der Waals surface area contributed by atoms with Crippen LogP contribution in [-0.4, -0.2) is 22.2 Å². The molecule has 0 unspecified atom stereocenters. The van der Waals surface area contributed by atoms with Crippen LogP contribution in [0.5, 0.6) is 0 Å². The van der Waals surface area contributed by atoms with Crippen molar-refractivity contribution in [2.75, 3.05) is 0 Å². The molecule has 3 rings (SSSR count). The van der Waals surface area contributed by atoms with Crippen molar-refractivity contribution in [1.29, 1.82) is 0 Å². The van der Waals surface area contributed by atoms with Crippen molar-refractivity contribution in [2.45, 2.75) is 32.1 Å². The van der Waals surface area contributed by atoms with Gasteiger partial charge in [-0.15, -0.1) is 0 Å². The van der Waals surface area contributed by atoms with Crippen LogP contribution in [0.4, 0.5) is 0 Å². The van der Waals surface area contributed by atoms with Gasteiger partial charge < -0.3 is 10.2 Å². The van der Waals surface area contributed by atoms with Gasteiger partial charge in [-0.3, -0.25) is 9.59 Å². The predicted octanol–water partition coefficient (Wildman–Crippen LogP) is 1.60. The molecule has 1 spiro atoms. The highest BCUT2D eigenvalue weighted by atomic mass is 16.4. The molecule has 3 aliphatic carbocycles. The molecular formula is C12H16O4. The highest BCUT2D eigenvalue weighted by Gasteiger charge is 2.66. The Bertz CT molecular complexity index is 358. The summed E-state index contributed by atoms with van der Waals surface area (Å²) >= 11 is 0. The fraction of sp³-hybridized carbons (Fsp3) is 0.833. The van der Waals surface area contributed by atoms with Gasteiger partial charge in [0.15, 0.2) is 0 Å². The molecule has 4 heteroatoms. The van der Waals surface area contributed by atoms with Gasteiger partial charge in [0.1, 0.15) is 0 Å². The number of aliphatic carboxylic acids is 2. The lowest BCUT2D eigenvalue weighted by Crippen LogP contribution is -2.43. The molecule has 0 aliphatic heterocycles. The van der Waals surface area contributed by atoms with Gasteiger partial charge in [-0.25, -0.2) is 0 Å². The molecule has 0 amide bonds. The van der Waals surface area contributed by atoms with Crippen molar-refractivity contribution in [2.24, 2.45) is 29.1 Å². The molecule has 2 bridgehead atoms. The Labute approximate surface area is 93.6 Å². The standard InChI is InChI=1S/C12H16O4/c13-10(14)7-5-6-1-2-8(9(7)11(15)16)12(6)3-4-12/h6-9H,1-5H2,(H,13,14)(H,15,16)/t6-,7-,8-,9-/m1/s1. The van der Waals surface area contributed by atoms with E-state index in [0.29, 0.717) is 12.3 Å². The molecule has 3 saturated carbocycles. The predicted molar refractivity (Wildman–Crippen MR) is 54.7 cm³/mol. The zero-order chi connectivity index (χ0) is 11.5. The fourth-order valence-electron chi connectivity index (χ4n) is 4.40. The molecular weight excluding hydrogens is 208 g/mol. The monoisotopic (exact) mass is 224 g/mol. The van der Waals surface area contributed by atoms with Crippen molar-refractivity contribution in [1.82, 2.24) is 0 Å². The first kappa shape index (κ1) is 10.1. The summed E-state index contributed by atoms with van der Waals surface area (Å²) in [5.41, 5.74) is 0.231. The van der Waals surface area contributed by atoms with E-state index in [0.717, 1.165) is 25.7 Å². The number of carboxylic acid groups (broad SMARTS) is 2. The van der Waals surface area contributed by atoms with E-state index in [1.807, 2.05) is 0 Å². The lowest BCUT2D eigenvalue weighted by molar-refractivity contribution is -0.160. The summed E-state index contributed by atoms with van der Waals surface area (Å²) in [6.07, 6.45) is 4.79. The maximum Gasteiger partial charge on any atom is 0.307 e. The number of hydrogen-bond donors (Lipinski definition) is 2. The van der Waals surface area contributed by atoms with Gasteiger partial charge in [-0.05, 0) is 49.4 Å². The van der Waals surface area contributed by atoms with Crippen molar-refractivity contribution in [3.63, 3.8) is 0 Å². The first-order valence-electron chi connectivity index (χ1n) is 6.02. The van der Waals surface area contributed by atoms with Crippen molar-refractivity contribution in [3.05, 3.63) is 0 Å². The van der Waals surface area contributed by atoms with E-state index in [9.17, 15) is 14.7 Å². The zero-order valence-electron chi connectivity index (χ0n) is 9.06. The second kappa shape index (κ2) is 2.99. The Morgan fingerprint density at radius 3 is 2.25 bits per heavy atom. The summed E-state index contributed by atoms with van der Waals surface area (Å²) in [5, 5.41) is 18.4. The lowest BCUT2D eigenvalue weighted by atomic mass is 9.64. The third-order valence-electron chi connectivity index (χ3n) is 5.21. The average molecular weight is 224 g/mol. The summed E-state index contributed by atoms with van der Waals surface area (Å²) in [5.74, 6) is -2.50. The van der Waals surface area contributed by atoms with E-state index in [4.69, 9.17) is 5.11 Å². The summed E-state index contributed by atoms with van der Waals surface area (Å²) in [4.78, 5) is 22.5. The van der Waals surface area contributed by atoms with Gasteiger partial charge in [-0.1, -0.05) is 0 Å². The number of carbonyl (C=O) groups is 2. The Kier molecular flexibility index (Phi) is 1.89. The first-order chi connectivity index (χ1) is 7.56. The van der Waals surface area contributed by atoms with Crippen LogP contribution in [0, 0.1) is 29.1 Å². The maximum atomic E-state index is 11.3. The van der Waals surface area contributed by atoms with E-state index in [2.05, 4.69) is 0 Å². The zero-order valence-corrected chi connectivity index (χ0v) is 9.06.